The summed E-state index contributed by atoms with van der Waals surface area (Å²) < 4.78 is 5.46. The smallest absolute Gasteiger partial charge is 0.326 e. The van der Waals surface area contributed by atoms with Crippen molar-refractivity contribution in [2.45, 2.75) is 50.0 Å². The molecular weight excluding hydrogens is 360 g/mol. The molecule has 10 nitrogen and oxygen atoms in total. The number of carbonyl (C=O) groups is 2. The molecule has 7 N–H and O–H groups in total. The lowest BCUT2D eigenvalue weighted by atomic mass is 9.94. The quantitative estimate of drug-likeness (QED) is 0.324. The molecule has 2 unspecified atom stereocenters. The number of rotatable bonds is 6. The Morgan fingerprint density at radius 2 is 1.81 bits per heavy atom. The molecule has 1 saturated heterocycles. The summed E-state index contributed by atoms with van der Waals surface area (Å²) in [5.74, 6) is -1.98. The topological polar surface area (TPSA) is 174 Å². The lowest BCUT2D eigenvalue weighted by Gasteiger charge is -2.46. The first-order valence-electron chi connectivity index (χ1n) is 8.35. The van der Waals surface area contributed by atoms with E-state index in [1.54, 1.807) is 0 Å². The van der Waals surface area contributed by atoms with Crippen molar-refractivity contribution < 1.29 is 39.9 Å². The number of hydrogen-bond donors (Lipinski definition) is 6. The third-order valence-electron chi connectivity index (χ3n) is 4.57. The molecule has 0 spiro atoms. The van der Waals surface area contributed by atoms with Gasteiger partial charge in [-0.05, 0) is 17.7 Å². The first-order chi connectivity index (χ1) is 12.7. The van der Waals surface area contributed by atoms with Crippen LogP contribution in [0.5, 0.6) is 5.75 Å². The van der Waals surface area contributed by atoms with Crippen LogP contribution in [0.15, 0.2) is 24.3 Å². The fourth-order valence-electron chi connectivity index (χ4n) is 3.10. The zero-order valence-corrected chi connectivity index (χ0v) is 14.7. The van der Waals surface area contributed by atoms with Gasteiger partial charge < -0.3 is 40.9 Å². The number of aliphatic carboxylic acids is 1. The van der Waals surface area contributed by atoms with Crippen LogP contribution in [-0.2, 0) is 20.7 Å². The maximum atomic E-state index is 12.2. The van der Waals surface area contributed by atoms with Crippen molar-refractivity contribution >= 4 is 11.9 Å². The second kappa shape index (κ2) is 8.63. The van der Waals surface area contributed by atoms with Gasteiger partial charge in [0.25, 0.3) is 0 Å². The number of aliphatic hydroxyl groups is 3. The Balaban J connectivity index is 2.35. The summed E-state index contributed by atoms with van der Waals surface area (Å²) in [5.41, 5.74) is 6.42. The molecule has 0 saturated carbocycles. The number of nitrogens with two attached hydrogens (primary N) is 1. The van der Waals surface area contributed by atoms with E-state index in [-0.39, 0.29) is 12.2 Å². The number of aliphatic hydroxyl groups excluding tert-OH is 3. The molecule has 27 heavy (non-hydrogen) atoms. The van der Waals surface area contributed by atoms with Crippen LogP contribution in [0.4, 0.5) is 0 Å². The Bertz CT molecular complexity index is 665. The van der Waals surface area contributed by atoms with E-state index >= 15 is 0 Å². The number of carboxylic acid groups (broad SMARTS) is 1. The van der Waals surface area contributed by atoms with Crippen molar-refractivity contribution in [3.63, 3.8) is 0 Å². The van der Waals surface area contributed by atoms with E-state index < -0.39 is 55.1 Å². The maximum absolute atomic E-state index is 12.2. The molecule has 10 heteroatoms. The van der Waals surface area contributed by atoms with Gasteiger partial charge in [-0.25, -0.2) is 4.79 Å². The van der Waals surface area contributed by atoms with Gasteiger partial charge >= 0.3 is 5.97 Å². The van der Waals surface area contributed by atoms with Gasteiger partial charge in [0.2, 0.25) is 5.91 Å². The highest BCUT2D eigenvalue weighted by atomic mass is 16.5. The van der Waals surface area contributed by atoms with Crippen LogP contribution >= 0.6 is 0 Å². The minimum absolute atomic E-state index is 0.00887. The fourth-order valence-corrected chi connectivity index (χ4v) is 3.10. The number of phenolic OH excluding ortho intramolecular Hbond substituents is 1. The van der Waals surface area contributed by atoms with Gasteiger partial charge in [0, 0.05) is 13.3 Å². The van der Waals surface area contributed by atoms with E-state index in [9.17, 15) is 35.1 Å². The number of aromatic hydroxyl groups is 1. The summed E-state index contributed by atoms with van der Waals surface area (Å²) in [6, 6.07) is 3.13. The fraction of sp³-hybridized carbons (Fsp3) is 0.529. The Morgan fingerprint density at radius 3 is 2.30 bits per heavy atom. The van der Waals surface area contributed by atoms with Gasteiger partial charge in [0.05, 0.1) is 12.6 Å². The van der Waals surface area contributed by atoms with Crippen LogP contribution < -0.4 is 5.73 Å². The lowest BCUT2D eigenvalue weighted by molar-refractivity contribution is -0.232. The van der Waals surface area contributed by atoms with Crippen LogP contribution in [0.25, 0.3) is 0 Å². The highest BCUT2D eigenvalue weighted by molar-refractivity contribution is 5.82. The third-order valence-corrected chi connectivity index (χ3v) is 4.57. The van der Waals surface area contributed by atoms with E-state index in [4.69, 9.17) is 10.5 Å². The van der Waals surface area contributed by atoms with Crippen LogP contribution in [0.3, 0.4) is 0 Å². The Morgan fingerprint density at radius 1 is 1.22 bits per heavy atom. The predicted octanol–water partition coefficient (Wildman–Crippen LogP) is -2.00. The van der Waals surface area contributed by atoms with E-state index in [2.05, 4.69) is 0 Å². The molecule has 0 radical (unpaired) electrons. The van der Waals surface area contributed by atoms with Gasteiger partial charge in [-0.3, -0.25) is 4.79 Å². The molecule has 0 aliphatic carbocycles. The van der Waals surface area contributed by atoms with Gasteiger partial charge in [-0.15, -0.1) is 0 Å². The van der Waals surface area contributed by atoms with Crippen LogP contribution in [-0.4, -0.2) is 85.5 Å². The van der Waals surface area contributed by atoms with Gasteiger partial charge in [0.1, 0.15) is 30.1 Å². The molecule has 1 fully saturated rings. The molecule has 0 bridgehead atoms. The molecule has 1 aliphatic rings. The van der Waals surface area contributed by atoms with Crippen molar-refractivity contribution in [1.82, 2.24) is 4.90 Å². The standard InChI is InChI=1S/C17H24N2O8/c1-8(21)19(16-13(18)15(24)14(23)12(7-20)27-16)11(17(25)26)6-9-2-4-10(22)5-3-9/h2-5,11-16,20,22-24H,6-7,18H2,1H3,(H,25,26)/t11?,12-,13-,14-,15-,16?/m1/s1. The van der Waals surface area contributed by atoms with Crippen LogP contribution in [0.2, 0.25) is 0 Å². The SMILES string of the molecule is CC(=O)N(C(Cc1ccc(O)cc1)C(=O)O)C1O[C@H](CO)[C@@H](O)[C@H](O)[C@H]1N. The monoisotopic (exact) mass is 384 g/mol. The van der Waals surface area contributed by atoms with Crippen LogP contribution in [0.1, 0.15) is 12.5 Å². The summed E-state index contributed by atoms with van der Waals surface area (Å²) in [6.07, 6.45) is -5.70. The lowest BCUT2D eigenvalue weighted by Crippen LogP contribution is -2.69. The average molecular weight is 384 g/mol. The Kier molecular flexibility index (Phi) is 6.73. The zero-order valence-electron chi connectivity index (χ0n) is 14.7. The number of carbonyl (C=O) groups excluding carboxylic acids is 1. The molecule has 0 aromatic heterocycles. The molecule has 1 aromatic rings. The number of carboxylic acids is 1. The van der Waals surface area contributed by atoms with E-state index in [1.807, 2.05) is 0 Å². The average Bonchev–Trinajstić information content (AvgIpc) is 2.62. The van der Waals surface area contributed by atoms with Crippen molar-refractivity contribution in [3.05, 3.63) is 29.8 Å². The molecular formula is C17H24N2O8. The number of hydrogen-bond acceptors (Lipinski definition) is 8. The normalized spacial score (nSPS) is 29.1. The highest BCUT2D eigenvalue weighted by Gasteiger charge is 2.48. The second-order valence-corrected chi connectivity index (χ2v) is 6.46. The first kappa shape index (κ1) is 21.1. The van der Waals surface area contributed by atoms with Crippen LogP contribution in [0, 0.1) is 0 Å². The minimum atomic E-state index is -1.52. The number of benzene rings is 1. The summed E-state index contributed by atoms with van der Waals surface area (Å²) in [6.45, 7) is 0.483. The summed E-state index contributed by atoms with van der Waals surface area (Å²) in [4.78, 5) is 25.0. The Labute approximate surface area is 155 Å². The van der Waals surface area contributed by atoms with Crippen molar-refractivity contribution in [2.75, 3.05) is 6.61 Å². The number of ether oxygens (including phenoxy) is 1. The van der Waals surface area contributed by atoms with Crippen molar-refractivity contribution in [1.29, 1.82) is 0 Å². The maximum Gasteiger partial charge on any atom is 0.326 e. The summed E-state index contributed by atoms with van der Waals surface area (Å²) in [7, 11) is 0. The van der Waals surface area contributed by atoms with Gasteiger partial charge in [-0.2, -0.15) is 0 Å². The first-order valence-corrected chi connectivity index (χ1v) is 8.35. The molecule has 150 valence electrons. The highest BCUT2D eigenvalue weighted by Crippen LogP contribution is 2.25. The number of nitrogens with zero attached hydrogens (tertiary/aromatic N) is 1. The molecule has 6 atom stereocenters. The minimum Gasteiger partial charge on any atom is -0.508 e. The van der Waals surface area contributed by atoms with E-state index in [0.717, 1.165) is 11.8 Å². The van der Waals surface area contributed by atoms with E-state index in [1.165, 1.54) is 24.3 Å². The largest absolute Gasteiger partial charge is 0.508 e. The predicted molar refractivity (Wildman–Crippen MR) is 91.5 cm³/mol. The summed E-state index contributed by atoms with van der Waals surface area (Å²) >= 11 is 0. The van der Waals surface area contributed by atoms with E-state index in [0.29, 0.717) is 5.56 Å². The number of amides is 1. The molecule has 2 rings (SSSR count). The molecule has 1 aromatic carbocycles. The van der Waals surface area contributed by atoms with Gasteiger partial charge in [-0.1, -0.05) is 12.1 Å². The molecule has 1 heterocycles. The van der Waals surface area contributed by atoms with Crippen molar-refractivity contribution in [3.8, 4) is 5.75 Å². The zero-order chi connectivity index (χ0) is 20.3. The Hall–Kier alpha value is -2.24. The van der Waals surface area contributed by atoms with Crippen molar-refractivity contribution in [2.24, 2.45) is 5.73 Å². The van der Waals surface area contributed by atoms with Gasteiger partial charge in [0.15, 0.2) is 6.23 Å². The number of phenols is 1. The summed E-state index contributed by atoms with van der Waals surface area (Å²) in [5, 5.41) is 48.4. The third kappa shape index (κ3) is 4.54. The molecule has 1 amide bonds. The molecule has 1 aliphatic heterocycles. The second-order valence-electron chi connectivity index (χ2n) is 6.46.